The molecule has 6 nitrogen and oxygen atoms in total. The van der Waals surface area contributed by atoms with Crippen LogP contribution in [0.15, 0.2) is 65.5 Å². The highest BCUT2D eigenvalue weighted by Crippen LogP contribution is 2.23. The fourth-order valence-electron chi connectivity index (χ4n) is 3.73. The molecular weight excluding hydrogens is 402 g/mol. The summed E-state index contributed by atoms with van der Waals surface area (Å²) in [6, 6.07) is 18.4. The number of anilines is 1. The van der Waals surface area contributed by atoms with Crippen molar-refractivity contribution in [1.82, 2.24) is 9.55 Å². The number of amides is 1. The Bertz CT molecular complexity index is 1370. The second-order valence-electron chi connectivity index (χ2n) is 7.91. The van der Waals surface area contributed by atoms with Crippen LogP contribution in [0.1, 0.15) is 22.5 Å². The Kier molecular flexibility index (Phi) is 5.77. The lowest BCUT2D eigenvalue weighted by Crippen LogP contribution is -2.22. The van der Waals surface area contributed by atoms with Crippen LogP contribution >= 0.6 is 0 Å². The number of ether oxygens (including phenoxy) is 1. The van der Waals surface area contributed by atoms with E-state index in [0.717, 1.165) is 16.7 Å². The van der Waals surface area contributed by atoms with Crippen molar-refractivity contribution in [2.45, 2.75) is 27.7 Å². The molecule has 0 unspecified atom stereocenters. The van der Waals surface area contributed by atoms with Crippen LogP contribution in [0, 0.1) is 27.7 Å². The molecule has 32 heavy (non-hydrogen) atoms. The van der Waals surface area contributed by atoms with Gasteiger partial charge in [0.05, 0.1) is 16.6 Å². The van der Waals surface area contributed by atoms with Gasteiger partial charge in [0, 0.05) is 5.69 Å². The normalized spacial score (nSPS) is 10.9. The number of rotatable bonds is 5. The van der Waals surface area contributed by atoms with Gasteiger partial charge in [0.2, 0.25) is 0 Å². The lowest BCUT2D eigenvalue weighted by atomic mass is 10.1. The van der Waals surface area contributed by atoms with E-state index in [-0.39, 0.29) is 18.1 Å². The minimum atomic E-state index is -0.253. The summed E-state index contributed by atoms with van der Waals surface area (Å²) in [5.74, 6) is 1.06. The summed E-state index contributed by atoms with van der Waals surface area (Å²) >= 11 is 0. The Hall–Kier alpha value is -3.93. The van der Waals surface area contributed by atoms with Crippen molar-refractivity contribution < 1.29 is 9.53 Å². The van der Waals surface area contributed by atoms with Crippen LogP contribution in [-0.2, 0) is 4.79 Å². The fraction of sp³-hybridized carbons (Fsp3) is 0.192. The molecule has 0 atom stereocenters. The minimum Gasteiger partial charge on any atom is -0.483 e. The highest BCUT2D eigenvalue weighted by molar-refractivity contribution is 5.92. The Morgan fingerprint density at radius 1 is 1.00 bits per heavy atom. The number of carbonyl (C=O) groups is 1. The lowest BCUT2D eigenvalue weighted by molar-refractivity contribution is -0.118. The van der Waals surface area contributed by atoms with Gasteiger partial charge in [-0.1, -0.05) is 18.2 Å². The van der Waals surface area contributed by atoms with Crippen molar-refractivity contribution in [3.63, 3.8) is 0 Å². The minimum absolute atomic E-state index is 0.0847. The molecule has 0 spiro atoms. The molecule has 3 aromatic carbocycles. The molecule has 4 aromatic rings. The van der Waals surface area contributed by atoms with E-state index in [1.165, 1.54) is 0 Å². The van der Waals surface area contributed by atoms with Gasteiger partial charge in [0.15, 0.2) is 6.61 Å². The maximum Gasteiger partial charge on any atom is 0.265 e. The molecule has 6 heteroatoms. The third-order valence-corrected chi connectivity index (χ3v) is 5.48. The molecule has 0 aliphatic carbocycles. The summed E-state index contributed by atoms with van der Waals surface area (Å²) in [7, 11) is 0. The summed E-state index contributed by atoms with van der Waals surface area (Å²) in [5.41, 5.74) is 5.11. The van der Waals surface area contributed by atoms with Crippen molar-refractivity contribution in [3.05, 3.63) is 93.5 Å². The van der Waals surface area contributed by atoms with Gasteiger partial charge in [0.25, 0.3) is 11.5 Å². The van der Waals surface area contributed by atoms with Gasteiger partial charge in [-0.05, 0) is 86.8 Å². The summed E-state index contributed by atoms with van der Waals surface area (Å²) in [6.45, 7) is 7.72. The van der Waals surface area contributed by atoms with E-state index in [4.69, 9.17) is 4.74 Å². The van der Waals surface area contributed by atoms with Crippen LogP contribution in [0.25, 0.3) is 16.6 Å². The van der Waals surface area contributed by atoms with Gasteiger partial charge in [-0.25, -0.2) is 4.98 Å². The van der Waals surface area contributed by atoms with Crippen LogP contribution in [0.2, 0.25) is 0 Å². The van der Waals surface area contributed by atoms with Crippen molar-refractivity contribution in [3.8, 4) is 11.4 Å². The zero-order chi connectivity index (χ0) is 22.8. The van der Waals surface area contributed by atoms with Crippen molar-refractivity contribution in [2.24, 2.45) is 0 Å². The first-order chi connectivity index (χ1) is 15.3. The SMILES string of the molecule is Cc1cc(C)c(C)c(OCC(=O)Nc2ccc(-n3c(C)nc4ccccc4c3=O)cc2)c1. The van der Waals surface area contributed by atoms with Gasteiger partial charge in [-0.3, -0.25) is 14.2 Å². The Morgan fingerprint density at radius 3 is 2.47 bits per heavy atom. The summed E-state index contributed by atoms with van der Waals surface area (Å²) in [6.07, 6.45) is 0. The number of nitrogens with zero attached hydrogens (tertiary/aromatic N) is 2. The molecule has 1 N–H and O–H groups in total. The van der Waals surface area contributed by atoms with Gasteiger partial charge in [-0.2, -0.15) is 0 Å². The average molecular weight is 428 g/mol. The number of carbonyl (C=O) groups excluding carboxylic acids is 1. The molecule has 1 heterocycles. The van der Waals surface area contributed by atoms with Crippen LogP contribution in [0.4, 0.5) is 5.69 Å². The number of hydrogen-bond acceptors (Lipinski definition) is 4. The van der Waals surface area contributed by atoms with E-state index in [9.17, 15) is 9.59 Å². The highest BCUT2D eigenvalue weighted by atomic mass is 16.5. The quantitative estimate of drug-likeness (QED) is 0.504. The number of benzene rings is 3. The zero-order valence-corrected chi connectivity index (χ0v) is 18.6. The van der Waals surface area contributed by atoms with Crippen molar-refractivity contribution in [1.29, 1.82) is 0 Å². The molecule has 1 aromatic heterocycles. The number of nitrogens with one attached hydrogen (secondary N) is 1. The molecule has 0 radical (unpaired) electrons. The highest BCUT2D eigenvalue weighted by Gasteiger charge is 2.11. The Labute approximate surface area is 186 Å². The maximum atomic E-state index is 12.9. The number of fused-ring (bicyclic) bond motifs is 1. The molecule has 0 aliphatic rings. The first-order valence-electron chi connectivity index (χ1n) is 10.4. The van der Waals surface area contributed by atoms with Gasteiger partial charge < -0.3 is 10.1 Å². The average Bonchev–Trinajstić information content (AvgIpc) is 2.76. The second kappa shape index (κ2) is 8.67. The van der Waals surface area contributed by atoms with Crippen LogP contribution in [-0.4, -0.2) is 22.1 Å². The maximum absolute atomic E-state index is 12.9. The van der Waals surface area contributed by atoms with E-state index >= 15 is 0 Å². The topological polar surface area (TPSA) is 73.2 Å². The molecule has 0 aliphatic heterocycles. The van der Waals surface area contributed by atoms with Crippen LogP contribution < -0.4 is 15.6 Å². The first-order valence-corrected chi connectivity index (χ1v) is 10.4. The third-order valence-electron chi connectivity index (χ3n) is 5.48. The number of para-hydroxylation sites is 1. The predicted molar refractivity (Wildman–Crippen MR) is 127 cm³/mol. The van der Waals surface area contributed by atoms with Crippen molar-refractivity contribution in [2.75, 3.05) is 11.9 Å². The fourth-order valence-corrected chi connectivity index (χ4v) is 3.73. The standard InChI is InChI=1S/C26H25N3O3/c1-16-13-17(2)18(3)24(14-16)32-15-25(30)28-20-9-11-21(12-10-20)29-19(4)27-23-8-6-5-7-22(23)26(29)31/h5-14H,15H2,1-4H3,(H,28,30). The van der Waals surface area contributed by atoms with E-state index in [1.54, 1.807) is 41.8 Å². The number of aromatic nitrogens is 2. The molecule has 0 fully saturated rings. The molecular formula is C26H25N3O3. The second-order valence-corrected chi connectivity index (χ2v) is 7.91. The van der Waals surface area contributed by atoms with E-state index in [1.807, 2.05) is 45.0 Å². The third kappa shape index (κ3) is 4.25. The number of hydrogen-bond donors (Lipinski definition) is 1. The Morgan fingerprint density at radius 2 is 1.72 bits per heavy atom. The largest absolute Gasteiger partial charge is 0.483 e. The first kappa shape index (κ1) is 21.3. The molecule has 162 valence electrons. The van der Waals surface area contributed by atoms with E-state index in [2.05, 4.69) is 16.4 Å². The van der Waals surface area contributed by atoms with E-state index in [0.29, 0.717) is 33.9 Å². The Balaban J connectivity index is 1.48. The summed E-state index contributed by atoms with van der Waals surface area (Å²) < 4.78 is 7.30. The molecule has 0 saturated heterocycles. The van der Waals surface area contributed by atoms with Gasteiger partial charge >= 0.3 is 0 Å². The zero-order valence-electron chi connectivity index (χ0n) is 18.6. The summed E-state index contributed by atoms with van der Waals surface area (Å²) in [4.78, 5) is 29.9. The molecule has 4 rings (SSSR count). The molecule has 1 amide bonds. The lowest BCUT2D eigenvalue weighted by Gasteiger charge is -2.13. The van der Waals surface area contributed by atoms with E-state index < -0.39 is 0 Å². The molecule has 0 bridgehead atoms. The summed E-state index contributed by atoms with van der Waals surface area (Å²) in [5, 5.41) is 3.40. The molecule has 0 saturated carbocycles. The van der Waals surface area contributed by atoms with Gasteiger partial charge in [-0.15, -0.1) is 0 Å². The monoisotopic (exact) mass is 427 g/mol. The number of aryl methyl sites for hydroxylation is 3. The predicted octanol–water partition coefficient (Wildman–Crippen LogP) is 4.64. The smallest absolute Gasteiger partial charge is 0.265 e. The van der Waals surface area contributed by atoms with Crippen LogP contribution in [0.5, 0.6) is 5.75 Å². The van der Waals surface area contributed by atoms with Crippen LogP contribution in [0.3, 0.4) is 0 Å². The van der Waals surface area contributed by atoms with Gasteiger partial charge in [0.1, 0.15) is 11.6 Å². The van der Waals surface area contributed by atoms with Crippen molar-refractivity contribution >= 4 is 22.5 Å².